The van der Waals surface area contributed by atoms with E-state index in [0.29, 0.717) is 6.54 Å². The van der Waals surface area contributed by atoms with E-state index in [1.165, 1.54) is 4.90 Å². The SMILES string of the molecule is CN(C)CC(C)(C)CNC(=O)CN1C(=O)C2CCCCC2C1=O. The van der Waals surface area contributed by atoms with E-state index in [1.807, 2.05) is 14.1 Å². The second-order valence-corrected chi connectivity index (χ2v) is 7.94. The van der Waals surface area contributed by atoms with Crippen LogP contribution in [0.15, 0.2) is 0 Å². The monoisotopic (exact) mass is 323 g/mol. The largest absolute Gasteiger partial charge is 0.354 e. The highest BCUT2D eigenvalue weighted by molar-refractivity contribution is 6.07. The Morgan fingerprint density at radius 3 is 2.17 bits per heavy atom. The fourth-order valence-corrected chi connectivity index (χ4v) is 3.84. The molecule has 0 bridgehead atoms. The van der Waals surface area contributed by atoms with Gasteiger partial charge >= 0.3 is 0 Å². The van der Waals surface area contributed by atoms with E-state index in [4.69, 9.17) is 0 Å². The molecule has 1 aliphatic carbocycles. The number of fused-ring (bicyclic) bond motifs is 1. The van der Waals surface area contributed by atoms with E-state index >= 15 is 0 Å². The number of hydrogen-bond donors (Lipinski definition) is 1. The molecular formula is C17H29N3O3. The predicted octanol–water partition coefficient (Wildman–Crippen LogP) is 0.866. The van der Waals surface area contributed by atoms with Gasteiger partial charge in [-0.25, -0.2) is 0 Å². The molecule has 2 rings (SSSR count). The lowest BCUT2D eigenvalue weighted by atomic mass is 9.81. The maximum Gasteiger partial charge on any atom is 0.240 e. The minimum Gasteiger partial charge on any atom is -0.354 e. The van der Waals surface area contributed by atoms with Crippen LogP contribution in [-0.2, 0) is 14.4 Å². The normalized spacial score (nSPS) is 25.0. The molecule has 2 unspecified atom stereocenters. The third-order valence-corrected chi connectivity index (χ3v) is 4.74. The molecule has 2 aliphatic rings. The molecule has 1 heterocycles. The quantitative estimate of drug-likeness (QED) is 0.736. The summed E-state index contributed by atoms with van der Waals surface area (Å²) in [6.07, 6.45) is 3.56. The van der Waals surface area contributed by atoms with Crippen LogP contribution in [-0.4, -0.2) is 61.3 Å². The topological polar surface area (TPSA) is 69.7 Å². The van der Waals surface area contributed by atoms with Crippen molar-refractivity contribution in [1.29, 1.82) is 0 Å². The van der Waals surface area contributed by atoms with E-state index in [9.17, 15) is 14.4 Å². The van der Waals surface area contributed by atoms with Crippen molar-refractivity contribution < 1.29 is 14.4 Å². The third-order valence-electron chi connectivity index (χ3n) is 4.74. The summed E-state index contributed by atoms with van der Waals surface area (Å²) < 4.78 is 0. The lowest BCUT2D eigenvalue weighted by Crippen LogP contribution is -2.45. The van der Waals surface area contributed by atoms with Gasteiger partial charge in [0.15, 0.2) is 0 Å². The van der Waals surface area contributed by atoms with Gasteiger partial charge in [0, 0.05) is 13.1 Å². The van der Waals surface area contributed by atoms with Crippen molar-refractivity contribution in [2.45, 2.75) is 39.5 Å². The molecule has 1 saturated heterocycles. The Morgan fingerprint density at radius 2 is 1.70 bits per heavy atom. The van der Waals surface area contributed by atoms with Crippen LogP contribution in [0.25, 0.3) is 0 Å². The fraction of sp³-hybridized carbons (Fsp3) is 0.824. The zero-order chi connectivity index (χ0) is 17.2. The molecule has 1 N–H and O–H groups in total. The lowest BCUT2D eigenvalue weighted by molar-refractivity contribution is -0.143. The first-order valence-electron chi connectivity index (χ1n) is 8.48. The van der Waals surface area contributed by atoms with Gasteiger partial charge in [-0.3, -0.25) is 19.3 Å². The summed E-state index contributed by atoms with van der Waals surface area (Å²) >= 11 is 0. The highest BCUT2D eigenvalue weighted by Gasteiger charge is 2.48. The average Bonchev–Trinajstić information content (AvgIpc) is 2.70. The number of nitrogens with zero attached hydrogens (tertiary/aromatic N) is 2. The third kappa shape index (κ3) is 4.31. The smallest absolute Gasteiger partial charge is 0.240 e. The summed E-state index contributed by atoms with van der Waals surface area (Å²) in [7, 11) is 3.99. The Balaban J connectivity index is 1.88. The number of nitrogens with one attached hydrogen (secondary N) is 1. The van der Waals surface area contributed by atoms with Crippen molar-refractivity contribution in [1.82, 2.24) is 15.1 Å². The second-order valence-electron chi connectivity index (χ2n) is 7.94. The van der Waals surface area contributed by atoms with Crippen LogP contribution < -0.4 is 5.32 Å². The maximum absolute atomic E-state index is 12.4. The summed E-state index contributed by atoms with van der Waals surface area (Å²) in [5, 5.41) is 2.87. The summed E-state index contributed by atoms with van der Waals surface area (Å²) in [5.74, 6) is -0.926. The van der Waals surface area contributed by atoms with Gasteiger partial charge in [0.2, 0.25) is 17.7 Å². The van der Waals surface area contributed by atoms with Gasteiger partial charge in [0.05, 0.1) is 11.8 Å². The zero-order valence-corrected chi connectivity index (χ0v) is 14.7. The van der Waals surface area contributed by atoms with E-state index < -0.39 is 0 Å². The van der Waals surface area contributed by atoms with Crippen LogP contribution in [0.5, 0.6) is 0 Å². The Kier molecular flexibility index (Phi) is 5.45. The van der Waals surface area contributed by atoms with Crippen molar-refractivity contribution in [2.24, 2.45) is 17.3 Å². The minimum atomic E-state index is -0.253. The number of likely N-dealkylation sites (tertiary alicyclic amines) is 1. The van der Waals surface area contributed by atoms with Crippen LogP contribution in [0, 0.1) is 17.3 Å². The number of carbonyl (C=O) groups is 3. The molecular weight excluding hydrogens is 294 g/mol. The summed E-state index contributed by atoms with van der Waals surface area (Å²) in [6.45, 7) is 5.39. The molecule has 0 aromatic carbocycles. The molecule has 2 fully saturated rings. The Bertz CT molecular complexity index is 463. The van der Waals surface area contributed by atoms with Crippen molar-refractivity contribution >= 4 is 17.7 Å². The molecule has 2 atom stereocenters. The first-order valence-corrected chi connectivity index (χ1v) is 8.48. The Labute approximate surface area is 138 Å². The number of hydrogen-bond acceptors (Lipinski definition) is 4. The molecule has 1 aliphatic heterocycles. The van der Waals surface area contributed by atoms with E-state index in [0.717, 1.165) is 32.2 Å². The lowest BCUT2D eigenvalue weighted by Gasteiger charge is -2.28. The zero-order valence-electron chi connectivity index (χ0n) is 14.7. The van der Waals surface area contributed by atoms with E-state index in [1.54, 1.807) is 0 Å². The van der Waals surface area contributed by atoms with E-state index in [2.05, 4.69) is 24.1 Å². The Morgan fingerprint density at radius 1 is 1.17 bits per heavy atom. The van der Waals surface area contributed by atoms with Crippen molar-refractivity contribution in [3.63, 3.8) is 0 Å². The molecule has 3 amide bonds. The van der Waals surface area contributed by atoms with Gasteiger partial charge in [0.25, 0.3) is 0 Å². The van der Waals surface area contributed by atoms with E-state index in [-0.39, 0.29) is 41.5 Å². The highest BCUT2D eigenvalue weighted by atomic mass is 16.2. The van der Waals surface area contributed by atoms with Crippen LogP contribution in [0.1, 0.15) is 39.5 Å². The first kappa shape index (κ1) is 17.9. The van der Waals surface area contributed by atoms with Gasteiger partial charge in [-0.15, -0.1) is 0 Å². The molecule has 0 aromatic heterocycles. The Hall–Kier alpha value is -1.43. The van der Waals surface area contributed by atoms with Gasteiger partial charge < -0.3 is 10.2 Å². The van der Waals surface area contributed by atoms with Gasteiger partial charge in [-0.2, -0.15) is 0 Å². The minimum absolute atomic E-state index is 0.0633. The van der Waals surface area contributed by atoms with Crippen LogP contribution >= 0.6 is 0 Å². The number of amides is 3. The average molecular weight is 323 g/mol. The number of rotatable bonds is 6. The molecule has 6 heteroatoms. The highest BCUT2D eigenvalue weighted by Crippen LogP contribution is 2.37. The van der Waals surface area contributed by atoms with Crippen LogP contribution in [0.4, 0.5) is 0 Å². The van der Waals surface area contributed by atoms with Crippen molar-refractivity contribution in [3.05, 3.63) is 0 Å². The molecule has 23 heavy (non-hydrogen) atoms. The molecule has 6 nitrogen and oxygen atoms in total. The standard InChI is InChI=1S/C17H29N3O3/c1-17(2,11-19(3)4)10-18-14(21)9-20-15(22)12-7-5-6-8-13(12)16(20)23/h12-13H,5-11H2,1-4H3,(H,18,21). The molecule has 0 aromatic rings. The summed E-state index contributed by atoms with van der Waals surface area (Å²) in [5.41, 5.74) is -0.0633. The summed E-state index contributed by atoms with van der Waals surface area (Å²) in [6, 6.07) is 0. The predicted molar refractivity (Wildman–Crippen MR) is 87.5 cm³/mol. The van der Waals surface area contributed by atoms with Gasteiger partial charge in [-0.05, 0) is 32.4 Å². The van der Waals surface area contributed by atoms with Crippen molar-refractivity contribution in [3.8, 4) is 0 Å². The van der Waals surface area contributed by atoms with Gasteiger partial charge in [-0.1, -0.05) is 26.7 Å². The van der Waals surface area contributed by atoms with Crippen molar-refractivity contribution in [2.75, 3.05) is 33.7 Å². The molecule has 0 radical (unpaired) electrons. The summed E-state index contributed by atoms with van der Waals surface area (Å²) in [4.78, 5) is 40.1. The van der Waals surface area contributed by atoms with Crippen LogP contribution in [0.2, 0.25) is 0 Å². The molecule has 0 spiro atoms. The number of carbonyl (C=O) groups excluding carboxylic acids is 3. The number of imide groups is 1. The fourth-order valence-electron chi connectivity index (χ4n) is 3.84. The molecule has 1 saturated carbocycles. The first-order chi connectivity index (χ1) is 10.7. The maximum atomic E-state index is 12.4. The van der Waals surface area contributed by atoms with Crippen LogP contribution in [0.3, 0.4) is 0 Å². The second kappa shape index (κ2) is 6.99. The molecule has 130 valence electrons. The van der Waals surface area contributed by atoms with Gasteiger partial charge in [0.1, 0.15) is 6.54 Å².